The molecule has 0 amide bonds. The Bertz CT molecular complexity index is 4490. The van der Waals surface area contributed by atoms with Crippen molar-refractivity contribution in [3.63, 3.8) is 0 Å². The molecule has 2 nitrogen and oxygen atoms in total. The van der Waals surface area contributed by atoms with E-state index in [9.17, 15) is 0 Å². The summed E-state index contributed by atoms with van der Waals surface area (Å²) in [5.74, 6) is 0. The van der Waals surface area contributed by atoms with Crippen LogP contribution in [0.25, 0.3) is 98.0 Å². The maximum absolute atomic E-state index is 2.46. The molecule has 0 spiro atoms. The first kappa shape index (κ1) is 45.2. The number of nitrogens with zero attached hydrogens (tertiary/aromatic N) is 2. The maximum Gasteiger partial charge on any atom is 0.0540 e. The molecule has 0 fully saturated rings. The number of thioether (sulfide) groups is 1. The molecule has 14 aromatic carbocycles. The molecule has 0 aliphatic heterocycles. The molecule has 14 aromatic rings. The first-order valence-electron chi connectivity index (χ1n) is 26.0. The Labute approximate surface area is 447 Å². The predicted molar refractivity (Wildman–Crippen MR) is 329 cm³/mol. The first-order valence-corrected chi connectivity index (χ1v) is 27.2. The lowest BCUT2D eigenvalue weighted by molar-refractivity contribution is 1.29. The van der Waals surface area contributed by atoms with Crippen LogP contribution in [0.5, 0.6) is 0 Å². The fraction of sp³-hybridized carbons (Fsp3) is 0.0137. The second kappa shape index (κ2) is 19.1. The van der Waals surface area contributed by atoms with E-state index in [2.05, 4.69) is 301 Å². The van der Waals surface area contributed by atoms with E-state index in [1.165, 1.54) is 97.3 Å². The number of para-hydroxylation sites is 1. The van der Waals surface area contributed by atoms with Crippen molar-refractivity contribution >= 4 is 111 Å². The van der Waals surface area contributed by atoms with E-state index in [1.54, 1.807) is 11.8 Å². The van der Waals surface area contributed by atoms with E-state index in [1.807, 2.05) is 0 Å². The Morgan fingerprint density at radius 3 is 1.28 bits per heavy atom. The lowest BCUT2D eigenvalue weighted by Gasteiger charge is -2.29. The van der Waals surface area contributed by atoms with Gasteiger partial charge in [0, 0.05) is 38.4 Å². The third-order valence-electron chi connectivity index (χ3n) is 15.3. The van der Waals surface area contributed by atoms with Crippen molar-refractivity contribution in [1.29, 1.82) is 0 Å². The Morgan fingerprint density at radius 2 is 0.684 bits per heavy atom. The molecular weight excluding hydrogens is 937 g/mol. The highest BCUT2D eigenvalue weighted by Crippen LogP contribution is 2.50. The molecule has 0 aliphatic rings. The lowest BCUT2D eigenvalue weighted by Crippen LogP contribution is -2.11. The maximum atomic E-state index is 2.46. The number of fused-ring (bicyclic) bond motifs is 6. The van der Waals surface area contributed by atoms with Crippen molar-refractivity contribution in [3.8, 4) is 33.4 Å². The van der Waals surface area contributed by atoms with Gasteiger partial charge >= 0.3 is 0 Å². The summed E-state index contributed by atoms with van der Waals surface area (Å²) < 4.78 is 0. The van der Waals surface area contributed by atoms with E-state index < -0.39 is 0 Å². The van der Waals surface area contributed by atoms with Gasteiger partial charge in [-0.3, -0.25) is 0 Å². The Hall–Kier alpha value is -9.41. The SMILES string of the molecule is CSc1ccc(N(c2ccc3c(-c4ccc(-c5cccc6ccccc56)cc4)c4cc(N(c5ccccc5)c5cccc6ccccc56)ccc4c(-c4ccc5ccccc5c4)c3c2)c2cccc3ccccc23)cc1. The number of benzene rings is 14. The van der Waals surface area contributed by atoms with Crippen LogP contribution in [0.2, 0.25) is 0 Å². The molecule has 0 aromatic heterocycles. The minimum absolute atomic E-state index is 1.08. The van der Waals surface area contributed by atoms with Crippen LogP contribution >= 0.6 is 11.8 Å². The molecular formula is C73H50N2S. The minimum atomic E-state index is 1.08. The summed E-state index contributed by atoms with van der Waals surface area (Å²) in [6, 6.07) is 105. The summed E-state index contributed by atoms with van der Waals surface area (Å²) in [6.07, 6.45) is 2.14. The number of anilines is 6. The van der Waals surface area contributed by atoms with Gasteiger partial charge in [-0.05, 0) is 172 Å². The van der Waals surface area contributed by atoms with Gasteiger partial charge in [-0.2, -0.15) is 0 Å². The van der Waals surface area contributed by atoms with Crippen LogP contribution in [0.1, 0.15) is 0 Å². The average Bonchev–Trinajstić information content (AvgIpc) is 3.60. The molecule has 14 rings (SSSR count). The zero-order valence-electron chi connectivity index (χ0n) is 41.9. The Morgan fingerprint density at radius 1 is 0.250 bits per heavy atom. The summed E-state index contributed by atoms with van der Waals surface area (Å²) in [4.78, 5) is 6.11. The van der Waals surface area contributed by atoms with Gasteiger partial charge in [0.05, 0.1) is 11.4 Å². The highest BCUT2D eigenvalue weighted by molar-refractivity contribution is 7.98. The summed E-state index contributed by atoms with van der Waals surface area (Å²) in [5, 5.41) is 14.4. The highest BCUT2D eigenvalue weighted by Gasteiger charge is 2.24. The number of hydrogen-bond acceptors (Lipinski definition) is 3. The van der Waals surface area contributed by atoms with Gasteiger partial charge in [0.1, 0.15) is 0 Å². The monoisotopic (exact) mass is 986 g/mol. The van der Waals surface area contributed by atoms with Crippen LogP contribution in [0.15, 0.2) is 290 Å². The van der Waals surface area contributed by atoms with Crippen molar-refractivity contribution < 1.29 is 0 Å². The van der Waals surface area contributed by atoms with Crippen LogP contribution in [0.3, 0.4) is 0 Å². The Balaban J connectivity index is 1.08. The molecule has 0 heterocycles. The normalized spacial score (nSPS) is 11.5. The van der Waals surface area contributed by atoms with E-state index in [-0.39, 0.29) is 0 Å². The molecule has 0 atom stereocenters. The Kier molecular flexibility index (Phi) is 11.4. The predicted octanol–water partition coefficient (Wildman–Crippen LogP) is 21.3. The first-order chi connectivity index (χ1) is 37.6. The average molecular weight is 987 g/mol. The lowest BCUT2D eigenvalue weighted by atomic mass is 9.84. The van der Waals surface area contributed by atoms with E-state index in [4.69, 9.17) is 0 Å². The molecule has 3 heteroatoms. The minimum Gasteiger partial charge on any atom is -0.310 e. The van der Waals surface area contributed by atoms with Gasteiger partial charge in [-0.25, -0.2) is 0 Å². The van der Waals surface area contributed by atoms with Crippen molar-refractivity contribution in [1.82, 2.24) is 0 Å². The van der Waals surface area contributed by atoms with Crippen molar-refractivity contribution in [2.75, 3.05) is 16.1 Å². The van der Waals surface area contributed by atoms with Crippen molar-refractivity contribution in [2.45, 2.75) is 4.90 Å². The number of rotatable bonds is 10. The summed E-state index contributed by atoms with van der Waals surface area (Å²) >= 11 is 1.76. The smallest absolute Gasteiger partial charge is 0.0540 e. The molecule has 0 saturated heterocycles. The molecule has 0 aliphatic carbocycles. The van der Waals surface area contributed by atoms with E-state index in [0.717, 1.165) is 39.7 Å². The fourth-order valence-electron chi connectivity index (χ4n) is 11.7. The van der Waals surface area contributed by atoms with Crippen molar-refractivity contribution in [3.05, 3.63) is 285 Å². The quantitative estimate of drug-likeness (QED) is 0.0996. The van der Waals surface area contributed by atoms with Gasteiger partial charge in [-0.15, -0.1) is 11.8 Å². The van der Waals surface area contributed by atoms with Crippen LogP contribution in [-0.2, 0) is 0 Å². The van der Waals surface area contributed by atoms with E-state index >= 15 is 0 Å². The third-order valence-corrected chi connectivity index (χ3v) is 16.0. The van der Waals surface area contributed by atoms with Crippen molar-refractivity contribution in [2.24, 2.45) is 0 Å². The topological polar surface area (TPSA) is 6.48 Å². The summed E-state index contributed by atoms with van der Waals surface area (Å²) in [5.41, 5.74) is 13.8. The van der Waals surface area contributed by atoms with Gasteiger partial charge in [-0.1, -0.05) is 206 Å². The molecule has 0 N–H and O–H groups in total. The third kappa shape index (κ3) is 7.92. The summed E-state index contributed by atoms with van der Waals surface area (Å²) in [6.45, 7) is 0. The second-order valence-corrected chi connectivity index (χ2v) is 20.5. The highest BCUT2D eigenvalue weighted by atomic mass is 32.2. The molecule has 0 saturated carbocycles. The largest absolute Gasteiger partial charge is 0.310 e. The molecule has 0 bridgehead atoms. The zero-order chi connectivity index (χ0) is 50.5. The van der Waals surface area contributed by atoms with Gasteiger partial charge in [0.25, 0.3) is 0 Å². The van der Waals surface area contributed by atoms with Crippen LogP contribution in [0.4, 0.5) is 34.1 Å². The molecule has 358 valence electrons. The molecule has 0 unspecified atom stereocenters. The van der Waals surface area contributed by atoms with E-state index in [0.29, 0.717) is 0 Å². The number of hydrogen-bond donors (Lipinski definition) is 0. The standard InChI is InChI=1S/C73H50N2S/c1-76-61-42-38-58(39-43-61)75(71-31-15-23-52-19-9-12-28-65(52)71)60-40-44-66-69(48-60)73(56-37-32-49-16-5-6-20-55(49)46-56)67-45-41-59(74(57-24-3-2-4-25-57)70-30-14-22-51-18-8-11-27-64(51)70)47-68(67)72(66)54-35-33-53(34-36-54)63-29-13-21-50-17-7-10-26-62(50)63/h2-48H,1H3. The van der Waals surface area contributed by atoms with Crippen LogP contribution in [-0.4, -0.2) is 6.26 Å². The van der Waals surface area contributed by atoms with Crippen LogP contribution in [0, 0.1) is 0 Å². The van der Waals surface area contributed by atoms with Crippen LogP contribution < -0.4 is 9.80 Å². The molecule has 0 radical (unpaired) electrons. The second-order valence-electron chi connectivity index (χ2n) is 19.6. The van der Waals surface area contributed by atoms with Gasteiger partial charge in [0.2, 0.25) is 0 Å². The summed E-state index contributed by atoms with van der Waals surface area (Å²) in [7, 11) is 0. The zero-order valence-corrected chi connectivity index (χ0v) is 42.8. The molecule has 76 heavy (non-hydrogen) atoms. The van der Waals surface area contributed by atoms with Gasteiger partial charge < -0.3 is 9.80 Å². The van der Waals surface area contributed by atoms with Gasteiger partial charge in [0.15, 0.2) is 0 Å². The fourth-order valence-corrected chi connectivity index (χ4v) is 12.1.